The van der Waals surface area contributed by atoms with E-state index in [0.717, 1.165) is 12.1 Å². The number of aliphatic imine (C=N–C) groups is 1. The van der Waals surface area contributed by atoms with E-state index in [2.05, 4.69) is 4.99 Å². The molecule has 0 radical (unpaired) electrons. The monoisotopic (exact) mass is 340 g/mol. The summed E-state index contributed by atoms with van der Waals surface area (Å²) in [4.78, 5) is 18.6. The van der Waals surface area contributed by atoms with Crippen molar-refractivity contribution in [2.45, 2.75) is 20.5 Å². The zero-order valence-corrected chi connectivity index (χ0v) is 15.2. The third-order valence-electron chi connectivity index (χ3n) is 3.80. The van der Waals surface area contributed by atoms with E-state index in [-0.39, 0.29) is 12.6 Å². The Balaban J connectivity index is 2.06. The fourth-order valence-electron chi connectivity index (χ4n) is 2.07. The largest absolute Gasteiger partial charge is 0.494 e. The number of ether oxygens (including phenoxy) is 2. The van der Waals surface area contributed by atoms with E-state index in [9.17, 15) is 4.79 Å². The molecule has 0 saturated heterocycles. The molecule has 132 valence electrons. The average Bonchev–Trinajstić information content (AvgIpc) is 2.65. The van der Waals surface area contributed by atoms with Gasteiger partial charge in [-0.05, 0) is 37.6 Å². The third kappa shape index (κ3) is 5.35. The highest BCUT2D eigenvalue weighted by molar-refractivity contribution is 5.90. The van der Waals surface area contributed by atoms with Crippen LogP contribution in [0.5, 0.6) is 5.75 Å². The number of benzene rings is 2. The minimum Gasteiger partial charge on any atom is -0.494 e. The van der Waals surface area contributed by atoms with Crippen molar-refractivity contribution < 1.29 is 14.3 Å². The van der Waals surface area contributed by atoms with E-state index < -0.39 is 0 Å². The number of esters is 1. The molecule has 5 heteroatoms. The number of aryl methyl sites for hydroxylation is 1. The van der Waals surface area contributed by atoms with Crippen LogP contribution in [0.3, 0.4) is 0 Å². The summed E-state index contributed by atoms with van der Waals surface area (Å²) in [6.07, 6.45) is 1.73. The molecule has 5 nitrogen and oxygen atoms in total. The Morgan fingerprint density at radius 3 is 2.56 bits per heavy atom. The SMILES string of the molecule is CCN(C)C=Nc1ccc(C(=O)OCc2ccc(C)cc2)cc1OC. The van der Waals surface area contributed by atoms with Crippen molar-refractivity contribution in [3.63, 3.8) is 0 Å². The van der Waals surface area contributed by atoms with Gasteiger partial charge in [-0.15, -0.1) is 0 Å². The van der Waals surface area contributed by atoms with Crippen LogP contribution in [0.1, 0.15) is 28.4 Å². The summed E-state index contributed by atoms with van der Waals surface area (Å²) in [6, 6.07) is 13.0. The van der Waals surface area contributed by atoms with Crippen LogP contribution in [-0.2, 0) is 11.3 Å². The summed E-state index contributed by atoms with van der Waals surface area (Å²) in [6.45, 7) is 5.15. The fraction of sp³-hybridized carbons (Fsp3) is 0.300. The van der Waals surface area contributed by atoms with Gasteiger partial charge in [-0.2, -0.15) is 0 Å². The van der Waals surface area contributed by atoms with Crippen LogP contribution >= 0.6 is 0 Å². The van der Waals surface area contributed by atoms with Crippen molar-refractivity contribution in [2.24, 2.45) is 4.99 Å². The molecule has 0 unspecified atom stereocenters. The molecule has 0 aliphatic heterocycles. The van der Waals surface area contributed by atoms with Crippen LogP contribution < -0.4 is 4.74 Å². The first kappa shape index (κ1) is 18.5. The maximum atomic E-state index is 12.3. The van der Waals surface area contributed by atoms with Gasteiger partial charge in [0.2, 0.25) is 0 Å². The molecule has 0 saturated carbocycles. The standard InChI is InChI=1S/C20H24N2O3/c1-5-22(3)14-21-18-11-10-17(12-19(18)24-4)20(23)25-13-16-8-6-15(2)7-9-16/h6-12,14H,5,13H2,1-4H3. The van der Waals surface area contributed by atoms with Crippen molar-refractivity contribution >= 4 is 18.0 Å². The highest BCUT2D eigenvalue weighted by Gasteiger charge is 2.11. The Kier molecular flexibility index (Phi) is 6.57. The summed E-state index contributed by atoms with van der Waals surface area (Å²) in [5, 5.41) is 0. The number of rotatable bonds is 7. The molecule has 2 aromatic rings. The quantitative estimate of drug-likeness (QED) is 0.435. The third-order valence-corrected chi connectivity index (χ3v) is 3.80. The van der Waals surface area contributed by atoms with Gasteiger partial charge in [-0.25, -0.2) is 9.79 Å². The summed E-state index contributed by atoms with van der Waals surface area (Å²) in [5.74, 6) is 0.144. The van der Waals surface area contributed by atoms with Gasteiger partial charge in [0.05, 0.1) is 19.0 Å². The van der Waals surface area contributed by atoms with E-state index in [1.165, 1.54) is 5.56 Å². The highest BCUT2D eigenvalue weighted by atomic mass is 16.5. The van der Waals surface area contributed by atoms with Crippen LogP contribution in [0.15, 0.2) is 47.5 Å². The normalized spacial score (nSPS) is 10.7. The van der Waals surface area contributed by atoms with E-state index in [1.54, 1.807) is 31.6 Å². The van der Waals surface area contributed by atoms with Crippen molar-refractivity contribution in [3.05, 3.63) is 59.2 Å². The molecular formula is C20H24N2O3. The van der Waals surface area contributed by atoms with E-state index >= 15 is 0 Å². The summed E-state index contributed by atoms with van der Waals surface area (Å²) in [7, 11) is 3.49. The van der Waals surface area contributed by atoms with Crippen LogP contribution in [0, 0.1) is 6.92 Å². The molecule has 0 aromatic heterocycles. The van der Waals surface area contributed by atoms with E-state index in [1.807, 2.05) is 50.1 Å². The van der Waals surface area contributed by atoms with E-state index in [0.29, 0.717) is 17.0 Å². The first-order valence-corrected chi connectivity index (χ1v) is 8.18. The second-order valence-electron chi connectivity index (χ2n) is 5.77. The topological polar surface area (TPSA) is 51.1 Å². The zero-order valence-electron chi connectivity index (χ0n) is 15.2. The van der Waals surface area contributed by atoms with Gasteiger partial charge >= 0.3 is 5.97 Å². The molecule has 2 aromatic carbocycles. The highest BCUT2D eigenvalue weighted by Crippen LogP contribution is 2.28. The molecule has 0 aliphatic carbocycles. The molecule has 2 rings (SSSR count). The van der Waals surface area contributed by atoms with Gasteiger partial charge in [-0.3, -0.25) is 0 Å². The number of hydrogen-bond donors (Lipinski definition) is 0. The Bertz CT molecular complexity index is 739. The minimum atomic E-state index is -0.389. The number of nitrogens with zero attached hydrogens (tertiary/aromatic N) is 2. The predicted octanol–water partition coefficient (Wildman–Crippen LogP) is 3.97. The average molecular weight is 340 g/mol. The Labute approximate surface area is 148 Å². The molecular weight excluding hydrogens is 316 g/mol. The lowest BCUT2D eigenvalue weighted by Crippen LogP contribution is -2.14. The van der Waals surface area contributed by atoms with Crippen LogP contribution in [0.25, 0.3) is 0 Å². The second kappa shape index (κ2) is 8.87. The van der Waals surface area contributed by atoms with Gasteiger partial charge in [0.15, 0.2) is 0 Å². The Hall–Kier alpha value is -2.82. The minimum absolute atomic E-state index is 0.239. The second-order valence-corrected chi connectivity index (χ2v) is 5.77. The van der Waals surface area contributed by atoms with Gasteiger partial charge in [0.25, 0.3) is 0 Å². The first-order valence-electron chi connectivity index (χ1n) is 8.18. The maximum absolute atomic E-state index is 12.3. The lowest BCUT2D eigenvalue weighted by atomic mass is 10.1. The maximum Gasteiger partial charge on any atom is 0.338 e. The molecule has 25 heavy (non-hydrogen) atoms. The number of methoxy groups -OCH3 is 1. The Morgan fingerprint density at radius 2 is 1.92 bits per heavy atom. The molecule has 0 fully saturated rings. The molecule has 0 amide bonds. The Morgan fingerprint density at radius 1 is 1.20 bits per heavy atom. The van der Waals surface area contributed by atoms with Crippen molar-refractivity contribution in [1.82, 2.24) is 4.90 Å². The predicted molar refractivity (Wildman–Crippen MR) is 99.7 cm³/mol. The molecule has 0 atom stereocenters. The fourth-order valence-corrected chi connectivity index (χ4v) is 2.07. The summed E-state index contributed by atoms with van der Waals surface area (Å²) in [5.41, 5.74) is 3.23. The number of carbonyl (C=O) groups excluding carboxylic acids is 1. The molecule has 0 N–H and O–H groups in total. The van der Waals surface area contributed by atoms with Crippen LogP contribution in [-0.4, -0.2) is 37.9 Å². The molecule has 0 heterocycles. The van der Waals surface area contributed by atoms with Gasteiger partial charge in [0, 0.05) is 13.6 Å². The first-order chi connectivity index (χ1) is 12.0. The van der Waals surface area contributed by atoms with Gasteiger partial charge in [-0.1, -0.05) is 29.8 Å². The van der Waals surface area contributed by atoms with Crippen molar-refractivity contribution in [2.75, 3.05) is 20.7 Å². The van der Waals surface area contributed by atoms with Crippen LogP contribution in [0.4, 0.5) is 5.69 Å². The smallest absolute Gasteiger partial charge is 0.338 e. The number of carbonyl (C=O) groups is 1. The lowest BCUT2D eigenvalue weighted by Gasteiger charge is -2.11. The van der Waals surface area contributed by atoms with E-state index in [4.69, 9.17) is 9.47 Å². The lowest BCUT2D eigenvalue weighted by molar-refractivity contribution is 0.0472. The van der Waals surface area contributed by atoms with Crippen molar-refractivity contribution in [1.29, 1.82) is 0 Å². The van der Waals surface area contributed by atoms with Crippen molar-refractivity contribution in [3.8, 4) is 5.75 Å². The van der Waals surface area contributed by atoms with Gasteiger partial charge < -0.3 is 14.4 Å². The van der Waals surface area contributed by atoms with Crippen LogP contribution in [0.2, 0.25) is 0 Å². The zero-order chi connectivity index (χ0) is 18.2. The molecule has 0 aliphatic rings. The number of hydrogen-bond acceptors (Lipinski definition) is 4. The summed E-state index contributed by atoms with van der Waals surface area (Å²) < 4.78 is 10.7. The molecule has 0 bridgehead atoms. The molecule has 0 spiro atoms. The van der Waals surface area contributed by atoms with Gasteiger partial charge in [0.1, 0.15) is 18.0 Å². The summed E-state index contributed by atoms with van der Waals surface area (Å²) >= 11 is 0.